The molecule has 1 N–H and O–H groups in total. The molecule has 1 aliphatic rings. The molecule has 3 rings (SSSR count). The minimum Gasteiger partial charge on any atom is -0.497 e. The maximum Gasteiger partial charge on any atom is 0.239 e. The van der Waals surface area contributed by atoms with Crippen LogP contribution in [0.25, 0.3) is 0 Å². The molecule has 0 aliphatic carbocycles. The predicted octanol–water partition coefficient (Wildman–Crippen LogP) is 2.02. The van der Waals surface area contributed by atoms with Crippen molar-refractivity contribution in [1.29, 1.82) is 0 Å². The first-order chi connectivity index (χ1) is 13.6. The van der Waals surface area contributed by atoms with E-state index in [1.54, 1.807) is 20.1 Å². The quantitative estimate of drug-likeness (QED) is 0.658. The summed E-state index contributed by atoms with van der Waals surface area (Å²) in [4.78, 5) is 16.7. The van der Waals surface area contributed by atoms with Gasteiger partial charge in [-0.25, -0.2) is 0 Å². The van der Waals surface area contributed by atoms with E-state index in [4.69, 9.17) is 14.0 Å². The summed E-state index contributed by atoms with van der Waals surface area (Å²) in [6.07, 6.45) is 0.970. The summed E-state index contributed by atoms with van der Waals surface area (Å²) >= 11 is 0. The molecule has 28 heavy (non-hydrogen) atoms. The number of methoxy groups -OCH3 is 1. The first kappa shape index (κ1) is 20.2. The van der Waals surface area contributed by atoms with Gasteiger partial charge in [-0.3, -0.25) is 9.69 Å². The van der Waals surface area contributed by atoms with Crippen LogP contribution in [0.3, 0.4) is 0 Å². The minimum atomic E-state index is -0.0605. The summed E-state index contributed by atoms with van der Waals surface area (Å²) in [6.45, 7) is 7.53. The highest BCUT2D eigenvalue weighted by Gasteiger charge is 2.19. The van der Waals surface area contributed by atoms with E-state index in [-0.39, 0.29) is 5.91 Å². The molecular formula is C20H28N4O4. The van der Waals surface area contributed by atoms with Crippen molar-refractivity contribution >= 4 is 11.7 Å². The Morgan fingerprint density at radius 2 is 1.82 bits per heavy atom. The average Bonchev–Trinajstić information content (AvgIpc) is 3.11. The zero-order valence-electron chi connectivity index (χ0n) is 16.5. The molecular weight excluding hydrogens is 360 g/mol. The van der Waals surface area contributed by atoms with Crippen molar-refractivity contribution in [3.8, 4) is 11.5 Å². The van der Waals surface area contributed by atoms with Gasteiger partial charge < -0.3 is 24.2 Å². The zero-order chi connectivity index (χ0) is 19.8. The van der Waals surface area contributed by atoms with Gasteiger partial charge in [-0.05, 0) is 37.6 Å². The lowest BCUT2D eigenvalue weighted by Gasteiger charge is -2.34. The van der Waals surface area contributed by atoms with Gasteiger partial charge in [0.1, 0.15) is 17.3 Å². The molecule has 8 nitrogen and oxygen atoms in total. The first-order valence-electron chi connectivity index (χ1n) is 9.57. The number of hydrogen-bond donors (Lipinski definition) is 1. The first-order valence-corrected chi connectivity index (χ1v) is 9.57. The van der Waals surface area contributed by atoms with E-state index in [0.717, 1.165) is 50.6 Å². The molecule has 0 unspecified atom stereocenters. The van der Waals surface area contributed by atoms with Gasteiger partial charge in [0, 0.05) is 38.8 Å². The smallest absolute Gasteiger partial charge is 0.239 e. The Morgan fingerprint density at radius 3 is 2.46 bits per heavy atom. The van der Waals surface area contributed by atoms with Crippen molar-refractivity contribution in [3.05, 3.63) is 36.1 Å². The van der Waals surface area contributed by atoms with Crippen LogP contribution in [0.5, 0.6) is 11.5 Å². The Bertz CT molecular complexity index is 739. The lowest BCUT2D eigenvalue weighted by molar-refractivity contribution is -0.117. The van der Waals surface area contributed by atoms with Gasteiger partial charge in [0.2, 0.25) is 5.91 Å². The number of carbonyl (C=O) groups excluding carboxylic acids is 1. The highest BCUT2D eigenvalue weighted by atomic mass is 16.5. The topological polar surface area (TPSA) is 80.1 Å². The Morgan fingerprint density at radius 1 is 1.14 bits per heavy atom. The van der Waals surface area contributed by atoms with E-state index in [1.165, 1.54) is 0 Å². The monoisotopic (exact) mass is 388 g/mol. The summed E-state index contributed by atoms with van der Waals surface area (Å²) in [6, 6.07) is 9.35. The van der Waals surface area contributed by atoms with E-state index in [2.05, 4.69) is 20.3 Å². The van der Waals surface area contributed by atoms with Gasteiger partial charge in [-0.15, -0.1) is 0 Å². The number of nitrogens with one attached hydrogen (secondary N) is 1. The van der Waals surface area contributed by atoms with Gasteiger partial charge in [0.15, 0.2) is 5.82 Å². The maximum atomic E-state index is 12.1. The molecule has 1 saturated heterocycles. The van der Waals surface area contributed by atoms with Crippen LogP contribution in [0.1, 0.15) is 12.2 Å². The highest BCUT2D eigenvalue weighted by molar-refractivity contribution is 5.91. The van der Waals surface area contributed by atoms with Crippen LogP contribution in [0.2, 0.25) is 0 Å². The Hall–Kier alpha value is -2.58. The van der Waals surface area contributed by atoms with E-state index < -0.39 is 0 Å². The second-order valence-corrected chi connectivity index (χ2v) is 6.87. The number of hydrogen-bond acceptors (Lipinski definition) is 7. The van der Waals surface area contributed by atoms with Crippen molar-refractivity contribution in [3.63, 3.8) is 0 Å². The standard InChI is InChI=1S/C20H28N4O4/c1-16-14-19(22-28-16)21-20(25)15-24-11-9-23(10-12-24)8-3-13-27-18-6-4-17(26-2)5-7-18/h4-7,14H,3,8-13,15H2,1-2H3,(H,21,22,25). The molecule has 1 aliphatic heterocycles. The minimum absolute atomic E-state index is 0.0605. The van der Waals surface area contributed by atoms with Crippen LogP contribution >= 0.6 is 0 Å². The number of piperazine rings is 1. The van der Waals surface area contributed by atoms with Crippen molar-refractivity contribution in [2.24, 2.45) is 0 Å². The molecule has 8 heteroatoms. The maximum absolute atomic E-state index is 12.1. The van der Waals surface area contributed by atoms with Crippen molar-refractivity contribution in [2.45, 2.75) is 13.3 Å². The van der Waals surface area contributed by atoms with E-state index in [9.17, 15) is 4.79 Å². The number of carbonyl (C=O) groups is 1. The highest BCUT2D eigenvalue weighted by Crippen LogP contribution is 2.17. The Labute approximate surface area is 165 Å². The van der Waals surface area contributed by atoms with Crippen molar-refractivity contribution in [1.82, 2.24) is 15.0 Å². The van der Waals surface area contributed by atoms with E-state index in [0.29, 0.717) is 24.7 Å². The lowest BCUT2D eigenvalue weighted by atomic mass is 10.3. The third kappa shape index (κ3) is 6.24. The van der Waals surface area contributed by atoms with Crippen LogP contribution in [-0.2, 0) is 4.79 Å². The fraction of sp³-hybridized carbons (Fsp3) is 0.500. The molecule has 0 bridgehead atoms. The van der Waals surface area contributed by atoms with Crippen molar-refractivity contribution < 1.29 is 18.8 Å². The molecule has 1 aromatic heterocycles. The van der Waals surface area contributed by atoms with Gasteiger partial charge >= 0.3 is 0 Å². The summed E-state index contributed by atoms with van der Waals surface area (Å²) in [5, 5.41) is 6.54. The number of rotatable bonds is 9. The third-order valence-electron chi connectivity index (χ3n) is 4.67. The molecule has 1 amide bonds. The summed E-state index contributed by atoms with van der Waals surface area (Å²) in [7, 11) is 1.65. The predicted molar refractivity (Wildman–Crippen MR) is 106 cm³/mol. The molecule has 0 saturated carbocycles. The van der Waals surface area contributed by atoms with Crippen LogP contribution in [-0.4, -0.2) is 73.8 Å². The number of amides is 1. The number of aryl methyl sites for hydroxylation is 1. The largest absolute Gasteiger partial charge is 0.497 e. The Balaban J connectivity index is 1.28. The number of benzene rings is 1. The second-order valence-electron chi connectivity index (χ2n) is 6.87. The van der Waals surface area contributed by atoms with Crippen molar-refractivity contribution in [2.75, 3.05) is 58.3 Å². The third-order valence-corrected chi connectivity index (χ3v) is 4.67. The number of aromatic nitrogens is 1. The molecule has 152 valence electrons. The second kappa shape index (κ2) is 10.1. The van der Waals surface area contributed by atoms with Gasteiger partial charge in [0.25, 0.3) is 0 Å². The number of ether oxygens (including phenoxy) is 2. The zero-order valence-corrected chi connectivity index (χ0v) is 16.5. The van der Waals surface area contributed by atoms with Gasteiger partial charge in [-0.1, -0.05) is 5.16 Å². The number of nitrogens with zero attached hydrogens (tertiary/aromatic N) is 3. The normalized spacial score (nSPS) is 15.4. The van der Waals surface area contributed by atoms with Crippen LogP contribution in [0, 0.1) is 6.92 Å². The van der Waals surface area contributed by atoms with Crippen LogP contribution < -0.4 is 14.8 Å². The summed E-state index contributed by atoms with van der Waals surface area (Å²) in [5.41, 5.74) is 0. The molecule has 2 heterocycles. The molecule has 1 fully saturated rings. The molecule has 0 atom stereocenters. The average molecular weight is 388 g/mol. The fourth-order valence-electron chi connectivity index (χ4n) is 3.13. The fourth-order valence-corrected chi connectivity index (χ4v) is 3.13. The summed E-state index contributed by atoms with van der Waals surface area (Å²) in [5.74, 6) is 2.78. The lowest BCUT2D eigenvalue weighted by Crippen LogP contribution is -2.48. The number of anilines is 1. The van der Waals surface area contributed by atoms with E-state index in [1.807, 2.05) is 24.3 Å². The molecule has 0 radical (unpaired) electrons. The van der Waals surface area contributed by atoms with Gasteiger partial charge in [-0.2, -0.15) is 0 Å². The molecule has 1 aromatic carbocycles. The SMILES string of the molecule is COc1ccc(OCCCN2CCN(CC(=O)Nc3cc(C)on3)CC2)cc1. The molecule has 0 spiro atoms. The molecule has 2 aromatic rings. The Kier molecular flexibility index (Phi) is 7.27. The summed E-state index contributed by atoms with van der Waals surface area (Å²) < 4.78 is 15.9. The van der Waals surface area contributed by atoms with Gasteiger partial charge in [0.05, 0.1) is 20.3 Å². The van der Waals surface area contributed by atoms with Crippen LogP contribution in [0.4, 0.5) is 5.82 Å². The van der Waals surface area contributed by atoms with Crippen LogP contribution in [0.15, 0.2) is 34.9 Å². The van der Waals surface area contributed by atoms with E-state index >= 15 is 0 Å².